The molecule has 5 nitrogen and oxygen atoms in total. The Bertz CT molecular complexity index is 597. The molecule has 21 heavy (non-hydrogen) atoms. The van der Waals surface area contributed by atoms with Crippen LogP contribution in [0.1, 0.15) is 6.92 Å². The number of rotatable bonds is 5. The fourth-order valence-electron chi connectivity index (χ4n) is 2.12. The molecule has 1 saturated heterocycles. The van der Waals surface area contributed by atoms with Crippen molar-refractivity contribution in [1.29, 1.82) is 0 Å². The SMILES string of the molecule is CCN1CCOC(CNS(=O)(=O)c2ccc(Cl)c(Br)c2)C1. The Kier molecular flexibility index (Phi) is 6.05. The summed E-state index contributed by atoms with van der Waals surface area (Å²) in [5.41, 5.74) is 0. The molecule has 0 spiro atoms. The molecule has 1 aromatic carbocycles. The van der Waals surface area contributed by atoms with Gasteiger partial charge in [0.15, 0.2) is 0 Å². The smallest absolute Gasteiger partial charge is 0.240 e. The first kappa shape index (κ1) is 17.2. The number of nitrogens with one attached hydrogen (secondary N) is 1. The third kappa shape index (κ3) is 4.64. The van der Waals surface area contributed by atoms with Crippen molar-refractivity contribution in [3.8, 4) is 0 Å². The van der Waals surface area contributed by atoms with E-state index >= 15 is 0 Å². The van der Waals surface area contributed by atoms with E-state index in [1.165, 1.54) is 12.1 Å². The van der Waals surface area contributed by atoms with Crippen molar-refractivity contribution in [2.45, 2.75) is 17.9 Å². The van der Waals surface area contributed by atoms with Crippen LogP contribution in [-0.2, 0) is 14.8 Å². The van der Waals surface area contributed by atoms with E-state index in [0.29, 0.717) is 16.1 Å². The number of likely N-dealkylation sites (N-methyl/N-ethyl adjacent to an activating group) is 1. The second-order valence-electron chi connectivity index (χ2n) is 4.81. The van der Waals surface area contributed by atoms with Gasteiger partial charge in [-0.2, -0.15) is 0 Å². The number of nitrogens with zero attached hydrogens (tertiary/aromatic N) is 1. The Balaban J connectivity index is 1.99. The minimum absolute atomic E-state index is 0.121. The van der Waals surface area contributed by atoms with Crippen LogP contribution in [0.25, 0.3) is 0 Å². The fourth-order valence-corrected chi connectivity index (χ4v) is 3.86. The van der Waals surface area contributed by atoms with Gasteiger partial charge in [0, 0.05) is 24.1 Å². The van der Waals surface area contributed by atoms with Gasteiger partial charge in [0.05, 0.1) is 22.6 Å². The number of morpholine rings is 1. The fraction of sp³-hybridized carbons (Fsp3) is 0.538. The minimum atomic E-state index is -3.56. The average molecular weight is 398 g/mol. The highest BCUT2D eigenvalue weighted by Gasteiger charge is 2.22. The Labute approximate surface area is 138 Å². The Morgan fingerprint density at radius 3 is 2.95 bits per heavy atom. The lowest BCUT2D eigenvalue weighted by molar-refractivity contribution is -0.0229. The van der Waals surface area contributed by atoms with E-state index in [4.69, 9.17) is 16.3 Å². The van der Waals surface area contributed by atoms with Gasteiger partial charge in [0.1, 0.15) is 0 Å². The molecule has 1 heterocycles. The van der Waals surface area contributed by atoms with Gasteiger partial charge in [0.2, 0.25) is 10.0 Å². The summed E-state index contributed by atoms with van der Waals surface area (Å²) >= 11 is 9.10. The van der Waals surface area contributed by atoms with Crippen molar-refractivity contribution >= 4 is 37.6 Å². The van der Waals surface area contributed by atoms with Crippen molar-refractivity contribution in [1.82, 2.24) is 9.62 Å². The van der Waals surface area contributed by atoms with Crippen LogP contribution in [0.3, 0.4) is 0 Å². The zero-order chi connectivity index (χ0) is 15.5. The van der Waals surface area contributed by atoms with Gasteiger partial charge in [-0.25, -0.2) is 13.1 Å². The van der Waals surface area contributed by atoms with Crippen molar-refractivity contribution in [2.24, 2.45) is 0 Å². The van der Waals surface area contributed by atoms with Crippen LogP contribution in [-0.4, -0.2) is 52.2 Å². The third-order valence-electron chi connectivity index (χ3n) is 3.37. The highest BCUT2D eigenvalue weighted by Crippen LogP contribution is 2.25. The van der Waals surface area contributed by atoms with E-state index in [1.54, 1.807) is 6.07 Å². The second-order valence-corrected chi connectivity index (χ2v) is 7.84. The first-order valence-corrected chi connectivity index (χ1v) is 9.36. The predicted octanol–water partition coefficient (Wildman–Crippen LogP) is 2.10. The van der Waals surface area contributed by atoms with Gasteiger partial charge < -0.3 is 4.74 Å². The molecule has 0 radical (unpaired) electrons. The first-order chi connectivity index (χ1) is 9.92. The second kappa shape index (κ2) is 7.39. The van der Waals surface area contributed by atoms with Crippen LogP contribution in [0.5, 0.6) is 0 Å². The maximum Gasteiger partial charge on any atom is 0.240 e. The molecule has 0 amide bonds. The summed E-state index contributed by atoms with van der Waals surface area (Å²) in [4.78, 5) is 2.42. The standard InChI is InChI=1S/C13H18BrClN2O3S/c1-2-17-5-6-20-10(9-17)8-16-21(18,19)11-3-4-13(15)12(14)7-11/h3-4,7,10,16H,2,5-6,8-9H2,1H3. The van der Waals surface area contributed by atoms with Crippen LogP contribution in [0, 0.1) is 0 Å². The topological polar surface area (TPSA) is 58.6 Å². The molecule has 0 aromatic heterocycles. The highest BCUT2D eigenvalue weighted by molar-refractivity contribution is 9.10. The summed E-state index contributed by atoms with van der Waals surface area (Å²) in [6, 6.07) is 4.52. The van der Waals surface area contributed by atoms with E-state index < -0.39 is 10.0 Å². The van der Waals surface area contributed by atoms with E-state index in [2.05, 4.69) is 32.5 Å². The number of halogens is 2. The number of ether oxygens (including phenoxy) is 1. The lowest BCUT2D eigenvalue weighted by Crippen LogP contribution is -2.47. The maximum atomic E-state index is 12.2. The molecule has 1 aliphatic heterocycles. The largest absolute Gasteiger partial charge is 0.374 e. The lowest BCUT2D eigenvalue weighted by Gasteiger charge is -2.32. The van der Waals surface area contributed by atoms with E-state index in [1.807, 2.05) is 0 Å². The number of hydrogen-bond acceptors (Lipinski definition) is 4. The molecule has 8 heteroatoms. The van der Waals surface area contributed by atoms with Crippen molar-refractivity contribution in [3.63, 3.8) is 0 Å². The molecular weight excluding hydrogens is 380 g/mol. The molecule has 0 aliphatic carbocycles. The summed E-state index contributed by atoms with van der Waals surface area (Å²) < 4.78 is 33.2. The maximum absolute atomic E-state index is 12.2. The van der Waals surface area contributed by atoms with Crippen LogP contribution in [0.15, 0.2) is 27.6 Å². The molecular formula is C13H18BrClN2O3S. The monoisotopic (exact) mass is 396 g/mol. The Hall–Kier alpha value is -0.180. The average Bonchev–Trinajstić information content (AvgIpc) is 2.48. The zero-order valence-corrected chi connectivity index (χ0v) is 14.8. The van der Waals surface area contributed by atoms with Gasteiger partial charge in [0.25, 0.3) is 0 Å². The molecule has 1 aliphatic rings. The normalized spacial score (nSPS) is 20.6. The zero-order valence-electron chi connectivity index (χ0n) is 11.7. The number of sulfonamides is 1. The summed E-state index contributed by atoms with van der Waals surface area (Å²) in [6.07, 6.45) is -0.121. The van der Waals surface area contributed by atoms with E-state index in [0.717, 1.165) is 19.6 Å². The molecule has 118 valence electrons. The summed E-state index contributed by atoms with van der Waals surface area (Å²) in [5.74, 6) is 0. The number of benzene rings is 1. The first-order valence-electron chi connectivity index (χ1n) is 6.71. The van der Waals surface area contributed by atoms with Gasteiger partial charge >= 0.3 is 0 Å². The van der Waals surface area contributed by atoms with E-state index in [-0.39, 0.29) is 17.5 Å². The summed E-state index contributed by atoms with van der Waals surface area (Å²) in [6.45, 7) is 5.55. The molecule has 1 fully saturated rings. The van der Waals surface area contributed by atoms with Gasteiger partial charge in [-0.05, 0) is 40.7 Å². The predicted molar refractivity (Wildman–Crippen MR) is 86.2 cm³/mol. The van der Waals surface area contributed by atoms with Crippen molar-refractivity contribution in [2.75, 3.05) is 32.8 Å². The van der Waals surface area contributed by atoms with Crippen LogP contribution in [0.4, 0.5) is 0 Å². The molecule has 1 atom stereocenters. The number of hydrogen-bond donors (Lipinski definition) is 1. The highest BCUT2D eigenvalue weighted by atomic mass is 79.9. The minimum Gasteiger partial charge on any atom is -0.374 e. The van der Waals surface area contributed by atoms with Crippen molar-refractivity contribution in [3.05, 3.63) is 27.7 Å². The third-order valence-corrected chi connectivity index (χ3v) is 6.01. The lowest BCUT2D eigenvalue weighted by atomic mass is 10.3. The van der Waals surface area contributed by atoms with Gasteiger partial charge in [-0.3, -0.25) is 4.90 Å². The quantitative estimate of drug-likeness (QED) is 0.827. The summed E-state index contributed by atoms with van der Waals surface area (Å²) in [7, 11) is -3.56. The Morgan fingerprint density at radius 2 is 2.29 bits per heavy atom. The molecule has 1 aromatic rings. The van der Waals surface area contributed by atoms with Crippen molar-refractivity contribution < 1.29 is 13.2 Å². The van der Waals surface area contributed by atoms with Crippen LogP contribution in [0.2, 0.25) is 5.02 Å². The van der Waals surface area contributed by atoms with Gasteiger partial charge in [-0.1, -0.05) is 18.5 Å². The van der Waals surface area contributed by atoms with Gasteiger partial charge in [-0.15, -0.1) is 0 Å². The van der Waals surface area contributed by atoms with E-state index in [9.17, 15) is 8.42 Å². The molecule has 2 rings (SSSR count). The van der Waals surface area contributed by atoms with Crippen LogP contribution < -0.4 is 4.72 Å². The van der Waals surface area contributed by atoms with Crippen LogP contribution >= 0.6 is 27.5 Å². The molecule has 1 N–H and O–H groups in total. The molecule has 0 bridgehead atoms. The summed E-state index contributed by atoms with van der Waals surface area (Å²) in [5, 5.41) is 0.475. The molecule has 0 saturated carbocycles. The Morgan fingerprint density at radius 1 is 1.52 bits per heavy atom. The molecule has 1 unspecified atom stereocenters.